The van der Waals surface area contributed by atoms with Crippen molar-refractivity contribution in [2.45, 2.75) is 12.8 Å². The molecule has 1 aromatic rings. The molecule has 0 radical (unpaired) electrons. The Morgan fingerprint density at radius 3 is 2.55 bits per heavy atom. The van der Waals surface area contributed by atoms with Gasteiger partial charge in [0.1, 0.15) is 11.5 Å². The minimum Gasteiger partial charge on any atom is -0.387 e. The molecule has 1 aliphatic rings. The number of rotatable bonds is 11. The van der Waals surface area contributed by atoms with E-state index in [0.29, 0.717) is 28.6 Å². The Morgan fingerprint density at radius 1 is 1.31 bits per heavy atom. The van der Waals surface area contributed by atoms with E-state index in [4.69, 9.17) is 10.8 Å². The number of carbonyl (C=O) groups excluding carboxylic acids is 1. The quantitative estimate of drug-likeness (QED) is 0.217. The highest BCUT2D eigenvalue weighted by molar-refractivity contribution is 7.11. The molecule has 154 valence electrons. The Bertz CT molecular complexity index is 889. The molecule has 8 heteroatoms. The molecule has 0 spiro atoms. The second-order valence-corrected chi connectivity index (χ2v) is 7.86. The summed E-state index contributed by atoms with van der Waals surface area (Å²) in [5.74, 6) is 0.533. The van der Waals surface area contributed by atoms with E-state index in [0.717, 1.165) is 29.7 Å². The van der Waals surface area contributed by atoms with Crippen molar-refractivity contribution in [3.8, 4) is 0 Å². The maximum absolute atomic E-state index is 11.7. The summed E-state index contributed by atoms with van der Waals surface area (Å²) >= 11 is 1.43. The molecule has 1 fully saturated rings. The predicted octanol–water partition coefficient (Wildman–Crippen LogP) is 3.63. The Labute approximate surface area is 175 Å². The maximum atomic E-state index is 11.7. The van der Waals surface area contributed by atoms with Crippen molar-refractivity contribution in [2.75, 3.05) is 26.5 Å². The summed E-state index contributed by atoms with van der Waals surface area (Å²) in [5, 5.41) is 27.4. The molecule has 2 rings (SSSR count). The average Bonchev–Trinajstić information content (AvgIpc) is 3.46. The van der Waals surface area contributed by atoms with E-state index in [2.05, 4.69) is 29.1 Å². The van der Waals surface area contributed by atoms with Crippen molar-refractivity contribution in [3.05, 3.63) is 58.3 Å². The minimum absolute atomic E-state index is 0.101. The van der Waals surface area contributed by atoms with Crippen molar-refractivity contribution in [1.82, 2.24) is 15.5 Å². The lowest BCUT2D eigenvalue weighted by Gasteiger charge is -2.15. The maximum Gasteiger partial charge on any atom is 0.153 e. The first kappa shape index (κ1) is 22.2. The van der Waals surface area contributed by atoms with Crippen molar-refractivity contribution in [3.63, 3.8) is 0 Å². The second-order valence-electron chi connectivity index (χ2n) is 6.95. The van der Waals surface area contributed by atoms with Gasteiger partial charge in [-0.3, -0.25) is 15.6 Å². The van der Waals surface area contributed by atoms with Crippen molar-refractivity contribution in [2.24, 2.45) is 5.92 Å². The summed E-state index contributed by atoms with van der Waals surface area (Å²) in [6, 6.07) is 0. The molecule has 0 amide bonds. The van der Waals surface area contributed by atoms with Crippen LogP contribution in [0.1, 0.15) is 28.1 Å². The Kier molecular flexibility index (Phi) is 7.55. The van der Waals surface area contributed by atoms with Crippen LogP contribution in [0.5, 0.6) is 0 Å². The van der Waals surface area contributed by atoms with Crippen LogP contribution in [-0.2, 0) is 0 Å². The number of anilines is 1. The van der Waals surface area contributed by atoms with Gasteiger partial charge in [-0.2, -0.15) is 0 Å². The van der Waals surface area contributed by atoms with Gasteiger partial charge in [-0.1, -0.05) is 13.2 Å². The van der Waals surface area contributed by atoms with Crippen LogP contribution in [0.4, 0.5) is 5.69 Å². The molecule has 1 heterocycles. The van der Waals surface area contributed by atoms with Crippen LogP contribution in [0, 0.1) is 16.7 Å². The summed E-state index contributed by atoms with van der Waals surface area (Å²) in [6.07, 6.45) is 8.21. The SMILES string of the molecule is C=C(NC)C(=N)/C(=C\C(=N)NC(=C)C1CC1)Nc1csc(/C=C\N(C)C)c1C=O. The molecule has 1 aliphatic carbocycles. The molecule has 29 heavy (non-hydrogen) atoms. The van der Waals surface area contributed by atoms with Gasteiger partial charge in [0, 0.05) is 43.2 Å². The summed E-state index contributed by atoms with van der Waals surface area (Å²) in [4.78, 5) is 14.4. The number of thiophene rings is 1. The normalized spacial score (nSPS) is 13.7. The molecular weight excluding hydrogens is 384 g/mol. The van der Waals surface area contributed by atoms with Crippen molar-refractivity contribution in [1.29, 1.82) is 10.8 Å². The lowest BCUT2D eigenvalue weighted by Crippen LogP contribution is -2.25. The number of amidine groups is 1. The van der Waals surface area contributed by atoms with Gasteiger partial charge in [0.2, 0.25) is 0 Å². The van der Waals surface area contributed by atoms with E-state index in [9.17, 15) is 4.79 Å². The molecule has 0 saturated heterocycles. The third-order valence-electron chi connectivity index (χ3n) is 4.30. The second kappa shape index (κ2) is 9.88. The molecule has 0 aromatic carbocycles. The first-order chi connectivity index (χ1) is 13.8. The fourth-order valence-electron chi connectivity index (χ4n) is 2.44. The third kappa shape index (κ3) is 6.18. The first-order valence-corrected chi connectivity index (χ1v) is 10.0. The largest absolute Gasteiger partial charge is 0.387 e. The van der Waals surface area contributed by atoms with Crippen LogP contribution in [-0.4, -0.2) is 43.9 Å². The molecule has 0 bridgehead atoms. The van der Waals surface area contributed by atoms with E-state index in [1.165, 1.54) is 17.4 Å². The lowest BCUT2D eigenvalue weighted by molar-refractivity contribution is 0.112. The Morgan fingerprint density at radius 2 is 2.00 bits per heavy atom. The van der Waals surface area contributed by atoms with Crippen LogP contribution in [0.2, 0.25) is 0 Å². The molecule has 5 N–H and O–H groups in total. The molecule has 0 aliphatic heterocycles. The molecule has 1 saturated carbocycles. The van der Waals surface area contributed by atoms with Gasteiger partial charge in [0.05, 0.1) is 22.6 Å². The van der Waals surface area contributed by atoms with Crippen LogP contribution in [0.25, 0.3) is 6.08 Å². The summed E-state index contributed by atoms with van der Waals surface area (Å²) in [5.41, 5.74) is 2.75. The van der Waals surface area contributed by atoms with Gasteiger partial charge in [0.15, 0.2) is 6.29 Å². The first-order valence-electron chi connectivity index (χ1n) is 9.17. The van der Waals surface area contributed by atoms with Crippen LogP contribution in [0.3, 0.4) is 0 Å². The fourth-order valence-corrected chi connectivity index (χ4v) is 3.29. The van der Waals surface area contributed by atoms with Gasteiger partial charge in [-0.15, -0.1) is 11.3 Å². The van der Waals surface area contributed by atoms with Gasteiger partial charge in [0.25, 0.3) is 0 Å². The smallest absolute Gasteiger partial charge is 0.153 e. The van der Waals surface area contributed by atoms with Crippen LogP contribution in [0.15, 0.2) is 47.9 Å². The van der Waals surface area contributed by atoms with Gasteiger partial charge in [-0.05, 0) is 31.0 Å². The Hall–Kier alpha value is -3.13. The van der Waals surface area contributed by atoms with E-state index in [-0.39, 0.29) is 11.5 Å². The number of allylic oxidation sites excluding steroid dienone is 1. The highest BCUT2D eigenvalue weighted by Gasteiger charge is 2.25. The molecular formula is C21H28N6OS. The van der Waals surface area contributed by atoms with Crippen molar-refractivity contribution < 1.29 is 4.79 Å². The Balaban J connectivity index is 2.29. The molecule has 0 atom stereocenters. The van der Waals surface area contributed by atoms with E-state index in [1.807, 2.05) is 36.7 Å². The zero-order valence-corrected chi connectivity index (χ0v) is 17.9. The van der Waals surface area contributed by atoms with E-state index < -0.39 is 0 Å². The number of hydrogen-bond acceptors (Lipinski definition) is 7. The number of nitrogens with zero attached hydrogens (tertiary/aromatic N) is 1. The van der Waals surface area contributed by atoms with Crippen LogP contribution >= 0.6 is 11.3 Å². The predicted molar refractivity (Wildman–Crippen MR) is 123 cm³/mol. The summed E-state index contributed by atoms with van der Waals surface area (Å²) in [6.45, 7) is 7.80. The zero-order chi connectivity index (χ0) is 21.6. The monoisotopic (exact) mass is 412 g/mol. The number of hydrogen-bond donors (Lipinski definition) is 5. The number of nitrogens with one attached hydrogen (secondary N) is 5. The lowest BCUT2D eigenvalue weighted by atomic mass is 10.1. The average molecular weight is 413 g/mol. The van der Waals surface area contributed by atoms with E-state index >= 15 is 0 Å². The molecule has 7 nitrogen and oxygen atoms in total. The number of aldehydes is 1. The minimum atomic E-state index is 0.101. The standard InChI is InChI=1S/C21H28N6OS/c1-13(15-6-7-15)25-20(22)10-17(21(23)14(2)24-3)26-18-12-29-19(16(18)11-28)8-9-27(4)5/h8-12,15,23-24,26H,1-2,6-7H2,3-5H3,(H2,22,25)/b9-8-,17-10+,23-21?. The highest BCUT2D eigenvalue weighted by atomic mass is 32.1. The van der Waals surface area contributed by atoms with Gasteiger partial charge < -0.3 is 20.9 Å². The van der Waals surface area contributed by atoms with E-state index in [1.54, 1.807) is 7.05 Å². The molecule has 0 unspecified atom stereocenters. The zero-order valence-electron chi connectivity index (χ0n) is 17.1. The highest BCUT2D eigenvalue weighted by Crippen LogP contribution is 2.34. The third-order valence-corrected chi connectivity index (χ3v) is 5.26. The summed E-state index contributed by atoms with van der Waals surface area (Å²) in [7, 11) is 5.49. The molecule has 1 aromatic heterocycles. The van der Waals surface area contributed by atoms with Gasteiger partial charge >= 0.3 is 0 Å². The van der Waals surface area contributed by atoms with Gasteiger partial charge in [-0.25, -0.2) is 0 Å². The fraction of sp³-hybridized carbons (Fsp3) is 0.286. The van der Waals surface area contributed by atoms with Crippen molar-refractivity contribution >= 4 is 40.9 Å². The topological polar surface area (TPSA) is 104 Å². The van der Waals surface area contributed by atoms with Crippen LogP contribution < -0.4 is 16.0 Å². The number of carbonyl (C=O) groups is 1. The summed E-state index contributed by atoms with van der Waals surface area (Å²) < 4.78 is 0.